The van der Waals surface area contributed by atoms with Gasteiger partial charge < -0.3 is 15.0 Å². The number of amides is 1. The van der Waals surface area contributed by atoms with E-state index in [2.05, 4.69) is 45.3 Å². The Labute approximate surface area is 182 Å². The van der Waals surface area contributed by atoms with E-state index in [0.29, 0.717) is 17.5 Å². The van der Waals surface area contributed by atoms with Gasteiger partial charge in [0.25, 0.3) is 5.91 Å². The lowest BCUT2D eigenvalue weighted by molar-refractivity contribution is 0.0383. The summed E-state index contributed by atoms with van der Waals surface area (Å²) in [6.45, 7) is 9.54. The molecule has 1 saturated heterocycles. The third kappa shape index (κ3) is 4.25. The van der Waals surface area contributed by atoms with Gasteiger partial charge in [0.2, 0.25) is 0 Å². The van der Waals surface area contributed by atoms with Gasteiger partial charge >= 0.3 is 0 Å². The molecule has 0 atom stereocenters. The first-order valence-corrected chi connectivity index (χ1v) is 11.3. The molecule has 0 bridgehead atoms. The van der Waals surface area contributed by atoms with Crippen LogP contribution in [0.5, 0.6) is 0 Å². The molecule has 1 fully saturated rings. The maximum atomic E-state index is 12.6. The molecule has 31 heavy (non-hydrogen) atoms. The van der Waals surface area contributed by atoms with Gasteiger partial charge in [0.15, 0.2) is 0 Å². The zero-order chi connectivity index (χ0) is 21.4. The van der Waals surface area contributed by atoms with Gasteiger partial charge in [-0.1, -0.05) is 13.8 Å². The predicted octanol–water partition coefficient (Wildman–Crippen LogP) is 3.13. The van der Waals surface area contributed by atoms with E-state index in [-0.39, 0.29) is 5.91 Å². The molecule has 1 aromatic carbocycles. The van der Waals surface area contributed by atoms with Crippen LogP contribution in [0, 0.1) is 5.41 Å². The van der Waals surface area contributed by atoms with Gasteiger partial charge in [-0.3, -0.25) is 14.8 Å². The lowest BCUT2D eigenvalue weighted by Crippen LogP contribution is -2.41. The molecular weight excluding hydrogens is 390 g/mol. The number of hydrogen-bond acceptors (Lipinski definition) is 4. The zero-order valence-corrected chi connectivity index (χ0v) is 18.4. The summed E-state index contributed by atoms with van der Waals surface area (Å²) >= 11 is 0. The Bertz CT molecular complexity index is 1090. The highest BCUT2D eigenvalue weighted by molar-refractivity contribution is 5.99. The average molecular weight is 422 g/mol. The predicted molar refractivity (Wildman–Crippen MR) is 121 cm³/mol. The Morgan fingerprint density at radius 2 is 2.10 bits per heavy atom. The number of aromatic nitrogens is 3. The van der Waals surface area contributed by atoms with Gasteiger partial charge in [-0.2, -0.15) is 5.10 Å². The van der Waals surface area contributed by atoms with Crippen molar-refractivity contribution < 1.29 is 9.53 Å². The molecular formula is C24H31N5O2. The van der Waals surface area contributed by atoms with E-state index in [1.165, 1.54) is 17.7 Å². The Morgan fingerprint density at radius 1 is 1.26 bits per heavy atom. The zero-order valence-electron chi connectivity index (χ0n) is 18.4. The molecule has 2 aromatic heterocycles. The SMILES string of the molecule is CC1(C)CCc2c(-c3cc4cc(C(=O)NCCN5CCOCC5)ccc4[nH]3)n[nH]c2C1. The second-order valence-corrected chi connectivity index (χ2v) is 9.57. The van der Waals surface area contributed by atoms with Gasteiger partial charge in [0.1, 0.15) is 5.69 Å². The van der Waals surface area contributed by atoms with Gasteiger partial charge in [0, 0.05) is 53.9 Å². The van der Waals surface area contributed by atoms with Crippen molar-refractivity contribution in [3.63, 3.8) is 0 Å². The lowest BCUT2D eigenvalue weighted by atomic mass is 9.76. The minimum absolute atomic E-state index is 0.0303. The van der Waals surface area contributed by atoms with Crippen LogP contribution in [-0.4, -0.2) is 65.4 Å². The lowest BCUT2D eigenvalue weighted by Gasteiger charge is -2.28. The van der Waals surface area contributed by atoms with Crippen molar-refractivity contribution in [2.75, 3.05) is 39.4 Å². The van der Waals surface area contributed by atoms with Crippen LogP contribution in [0.3, 0.4) is 0 Å². The highest BCUT2D eigenvalue weighted by Gasteiger charge is 2.29. The van der Waals surface area contributed by atoms with E-state index < -0.39 is 0 Å². The number of ether oxygens (including phenoxy) is 1. The standard InChI is InChI=1S/C24H31N5O2/c1-24(2)6-5-18-21(15-24)27-28-22(18)20-14-17-13-16(3-4-19(17)26-20)23(30)25-7-8-29-9-11-31-12-10-29/h3-4,13-14,26H,5-12,15H2,1-2H3,(H,25,30)(H,27,28). The summed E-state index contributed by atoms with van der Waals surface area (Å²) in [4.78, 5) is 18.4. The Hall–Kier alpha value is -2.64. The number of nitrogens with zero attached hydrogens (tertiary/aromatic N) is 2. The number of rotatable bonds is 5. The summed E-state index contributed by atoms with van der Waals surface area (Å²) < 4.78 is 5.37. The van der Waals surface area contributed by atoms with Crippen molar-refractivity contribution in [1.29, 1.82) is 0 Å². The quantitative estimate of drug-likeness (QED) is 0.591. The molecule has 1 amide bonds. The normalized spacial score (nSPS) is 18.8. The number of benzene rings is 1. The first-order valence-electron chi connectivity index (χ1n) is 11.3. The van der Waals surface area contributed by atoms with Crippen molar-refractivity contribution in [1.82, 2.24) is 25.4 Å². The van der Waals surface area contributed by atoms with Gasteiger partial charge in [-0.05, 0) is 48.9 Å². The number of carbonyl (C=O) groups excluding carboxylic acids is 1. The minimum Gasteiger partial charge on any atom is -0.379 e. The maximum Gasteiger partial charge on any atom is 0.251 e. The smallest absolute Gasteiger partial charge is 0.251 e. The van der Waals surface area contributed by atoms with Crippen molar-refractivity contribution in [2.24, 2.45) is 5.41 Å². The third-order valence-corrected chi connectivity index (χ3v) is 6.62. The van der Waals surface area contributed by atoms with Gasteiger partial charge in [-0.15, -0.1) is 0 Å². The Balaban J connectivity index is 1.29. The minimum atomic E-state index is -0.0303. The van der Waals surface area contributed by atoms with Crippen LogP contribution >= 0.6 is 0 Å². The second-order valence-electron chi connectivity index (χ2n) is 9.57. The van der Waals surface area contributed by atoms with Crippen molar-refractivity contribution in [3.05, 3.63) is 41.1 Å². The van der Waals surface area contributed by atoms with Crippen LogP contribution in [0.1, 0.15) is 41.9 Å². The molecule has 5 rings (SSSR count). The summed E-state index contributed by atoms with van der Waals surface area (Å²) in [6, 6.07) is 7.94. The fraction of sp³-hybridized carbons (Fsp3) is 0.500. The molecule has 7 heteroatoms. The van der Waals surface area contributed by atoms with E-state index in [0.717, 1.165) is 68.0 Å². The van der Waals surface area contributed by atoms with Crippen LogP contribution < -0.4 is 5.32 Å². The van der Waals surface area contributed by atoms with Crippen molar-refractivity contribution >= 4 is 16.8 Å². The highest BCUT2D eigenvalue weighted by atomic mass is 16.5. The molecule has 7 nitrogen and oxygen atoms in total. The van der Waals surface area contributed by atoms with E-state index in [9.17, 15) is 4.79 Å². The van der Waals surface area contributed by atoms with Crippen LogP contribution in [0.4, 0.5) is 0 Å². The Kier molecular flexibility index (Phi) is 5.32. The summed E-state index contributed by atoms with van der Waals surface area (Å²) in [5, 5.41) is 12.0. The van der Waals surface area contributed by atoms with E-state index in [1.54, 1.807) is 0 Å². The molecule has 2 aliphatic rings. The number of H-pyrrole nitrogens is 2. The van der Waals surface area contributed by atoms with Gasteiger partial charge in [-0.25, -0.2) is 0 Å². The molecule has 1 aliphatic carbocycles. The van der Waals surface area contributed by atoms with Crippen molar-refractivity contribution in [3.8, 4) is 11.4 Å². The topological polar surface area (TPSA) is 86.0 Å². The fourth-order valence-electron chi connectivity index (χ4n) is 4.73. The maximum absolute atomic E-state index is 12.6. The number of aromatic amines is 2. The van der Waals surface area contributed by atoms with Crippen LogP contribution in [-0.2, 0) is 17.6 Å². The van der Waals surface area contributed by atoms with E-state index in [1.807, 2.05) is 18.2 Å². The monoisotopic (exact) mass is 421 g/mol. The number of fused-ring (bicyclic) bond motifs is 2. The number of hydrogen-bond donors (Lipinski definition) is 3. The molecule has 3 N–H and O–H groups in total. The molecule has 0 unspecified atom stereocenters. The molecule has 3 aromatic rings. The average Bonchev–Trinajstić information content (AvgIpc) is 3.36. The van der Waals surface area contributed by atoms with Crippen LogP contribution in [0.2, 0.25) is 0 Å². The Morgan fingerprint density at radius 3 is 2.94 bits per heavy atom. The summed E-state index contributed by atoms with van der Waals surface area (Å²) in [6.07, 6.45) is 3.24. The molecule has 3 heterocycles. The number of morpholine rings is 1. The highest BCUT2D eigenvalue weighted by Crippen LogP contribution is 2.38. The van der Waals surface area contributed by atoms with Crippen LogP contribution in [0.15, 0.2) is 24.3 Å². The molecule has 0 spiro atoms. The third-order valence-electron chi connectivity index (χ3n) is 6.62. The summed E-state index contributed by atoms with van der Waals surface area (Å²) in [5.41, 5.74) is 6.63. The molecule has 0 radical (unpaired) electrons. The number of carbonyl (C=O) groups is 1. The van der Waals surface area contributed by atoms with Crippen LogP contribution in [0.25, 0.3) is 22.3 Å². The van der Waals surface area contributed by atoms with Crippen molar-refractivity contribution in [2.45, 2.75) is 33.1 Å². The first-order chi connectivity index (χ1) is 15.0. The second kappa shape index (κ2) is 8.13. The largest absolute Gasteiger partial charge is 0.379 e. The van der Waals surface area contributed by atoms with Gasteiger partial charge in [0.05, 0.1) is 18.9 Å². The molecule has 164 valence electrons. The van der Waals surface area contributed by atoms with E-state index >= 15 is 0 Å². The first kappa shape index (κ1) is 20.3. The fourth-order valence-corrected chi connectivity index (χ4v) is 4.73. The van der Waals surface area contributed by atoms with E-state index in [4.69, 9.17) is 4.74 Å². The summed E-state index contributed by atoms with van der Waals surface area (Å²) in [7, 11) is 0. The number of nitrogens with one attached hydrogen (secondary N) is 3. The summed E-state index contributed by atoms with van der Waals surface area (Å²) in [5.74, 6) is -0.0303. The molecule has 0 saturated carbocycles. The molecule has 1 aliphatic heterocycles.